The van der Waals surface area contributed by atoms with E-state index < -0.39 is 17.8 Å². The second-order valence-corrected chi connectivity index (χ2v) is 6.88. The zero-order valence-corrected chi connectivity index (χ0v) is 16.6. The van der Waals surface area contributed by atoms with Crippen molar-refractivity contribution in [1.82, 2.24) is 34.7 Å². The van der Waals surface area contributed by atoms with Crippen LogP contribution in [0.25, 0.3) is 16.9 Å². The second-order valence-electron chi connectivity index (χ2n) is 6.14. The fourth-order valence-electron chi connectivity index (χ4n) is 2.81. The summed E-state index contributed by atoms with van der Waals surface area (Å²) in [7, 11) is 0. The van der Waals surface area contributed by atoms with Gasteiger partial charge in [0.05, 0.1) is 22.1 Å². The summed E-state index contributed by atoms with van der Waals surface area (Å²) >= 11 is 12.0. The molecule has 30 heavy (non-hydrogen) atoms. The van der Waals surface area contributed by atoms with Crippen LogP contribution in [0.3, 0.4) is 0 Å². The number of nitrogens with zero attached hydrogens (tertiary/aromatic N) is 7. The summed E-state index contributed by atoms with van der Waals surface area (Å²) in [5.74, 6) is 0.753. The summed E-state index contributed by atoms with van der Waals surface area (Å²) in [6, 6.07) is 2.80. The van der Waals surface area contributed by atoms with Crippen molar-refractivity contribution in [3.63, 3.8) is 0 Å². The molecule has 0 amide bonds. The van der Waals surface area contributed by atoms with Crippen molar-refractivity contribution >= 4 is 39.9 Å². The summed E-state index contributed by atoms with van der Waals surface area (Å²) in [6.45, 7) is 1.72. The lowest BCUT2D eigenvalue weighted by Gasteiger charge is -2.17. The maximum Gasteiger partial charge on any atom is 0.416 e. The maximum atomic E-state index is 13.3. The molecule has 154 valence electrons. The van der Waals surface area contributed by atoms with Crippen LogP contribution in [0.4, 0.5) is 19.0 Å². The summed E-state index contributed by atoms with van der Waals surface area (Å²) in [5.41, 5.74) is -0.838. The van der Waals surface area contributed by atoms with Crippen LogP contribution in [0, 0.1) is 0 Å². The van der Waals surface area contributed by atoms with Gasteiger partial charge in [0, 0.05) is 17.8 Å². The topological polar surface area (TPSA) is 94.3 Å². The molecule has 4 aromatic rings. The van der Waals surface area contributed by atoms with E-state index in [1.165, 1.54) is 11.0 Å². The molecule has 1 unspecified atom stereocenters. The molecule has 13 heteroatoms. The number of hydrogen-bond acceptors (Lipinski definition) is 7. The van der Waals surface area contributed by atoms with E-state index in [9.17, 15) is 13.2 Å². The molecule has 0 aliphatic carbocycles. The average molecular weight is 455 g/mol. The highest BCUT2D eigenvalue weighted by atomic mass is 35.5. The van der Waals surface area contributed by atoms with Gasteiger partial charge in [-0.15, -0.1) is 0 Å². The molecule has 4 rings (SSSR count). The number of alkyl halides is 3. The number of halogens is 5. The van der Waals surface area contributed by atoms with E-state index in [4.69, 9.17) is 23.2 Å². The predicted molar refractivity (Wildman–Crippen MR) is 104 cm³/mol. The molecular weight excluding hydrogens is 444 g/mol. The van der Waals surface area contributed by atoms with Gasteiger partial charge in [0.1, 0.15) is 12.1 Å². The minimum absolute atomic E-state index is 0.0631. The molecule has 1 atom stereocenters. The first kappa shape index (κ1) is 20.2. The lowest BCUT2D eigenvalue weighted by atomic mass is 10.1. The van der Waals surface area contributed by atoms with Crippen LogP contribution in [0.2, 0.25) is 10.3 Å². The Morgan fingerprint density at radius 1 is 1.07 bits per heavy atom. The van der Waals surface area contributed by atoms with Gasteiger partial charge in [-0.05, 0) is 36.7 Å². The highest BCUT2D eigenvalue weighted by Gasteiger charge is 2.32. The Hall–Kier alpha value is -3.05. The van der Waals surface area contributed by atoms with Gasteiger partial charge in [-0.25, -0.2) is 24.9 Å². The molecular formula is C17H11Cl2F3N8. The van der Waals surface area contributed by atoms with E-state index in [-0.39, 0.29) is 33.0 Å². The summed E-state index contributed by atoms with van der Waals surface area (Å²) < 4.78 is 41.2. The zero-order chi connectivity index (χ0) is 21.5. The normalized spacial score (nSPS) is 12.9. The van der Waals surface area contributed by atoms with Crippen molar-refractivity contribution in [1.29, 1.82) is 0 Å². The van der Waals surface area contributed by atoms with E-state index in [0.717, 1.165) is 12.1 Å². The van der Waals surface area contributed by atoms with Gasteiger partial charge in [-0.2, -0.15) is 23.0 Å². The minimum atomic E-state index is -4.59. The maximum absolute atomic E-state index is 13.3. The molecule has 0 spiro atoms. The number of benzene rings is 1. The predicted octanol–water partition coefficient (Wildman–Crippen LogP) is 4.50. The van der Waals surface area contributed by atoms with Crippen LogP contribution < -0.4 is 5.32 Å². The fourth-order valence-corrected chi connectivity index (χ4v) is 3.24. The lowest BCUT2D eigenvalue weighted by molar-refractivity contribution is -0.137. The van der Waals surface area contributed by atoms with Crippen molar-refractivity contribution in [2.45, 2.75) is 19.1 Å². The number of hydrogen-bond donors (Lipinski definition) is 1. The van der Waals surface area contributed by atoms with Gasteiger partial charge < -0.3 is 5.32 Å². The molecule has 3 aromatic heterocycles. The van der Waals surface area contributed by atoms with E-state index in [1.807, 2.05) is 0 Å². The van der Waals surface area contributed by atoms with E-state index in [2.05, 4.69) is 35.3 Å². The van der Waals surface area contributed by atoms with Gasteiger partial charge >= 0.3 is 6.18 Å². The van der Waals surface area contributed by atoms with Crippen LogP contribution in [-0.4, -0.2) is 34.7 Å². The molecule has 1 aromatic carbocycles. The summed E-state index contributed by atoms with van der Waals surface area (Å²) in [4.78, 5) is 20.4. The Morgan fingerprint density at radius 2 is 1.80 bits per heavy atom. The fraction of sp³-hybridized carbons (Fsp3) is 0.176. The third-order valence-corrected chi connectivity index (χ3v) is 4.57. The molecule has 0 aliphatic rings. The average Bonchev–Trinajstić information content (AvgIpc) is 3.18. The number of fused-ring (bicyclic) bond motifs is 1. The van der Waals surface area contributed by atoms with Crippen molar-refractivity contribution in [2.75, 3.05) is 5.32 Å². The number of nitrogens with one attached hydrogen (secondary N) is 1. The van der Waals surface area contributed by atoms with Crippen molar-refractivity contribution in [3.8, 4) is 5.95 Å². The third-order valence-electron chi connectivity index (χ3n) is 4.11. The largest absolute Gasteiger partial charge is 0.416 e. The summed E-state index contributed by atoms with van der Waals surface area (Å²) in [6.07, 6.45) is -0.187. The quantitative estimate of drug-likeness (QED) is 0.453. The number of aromatic nitrogens is 7. The van der Waals surface area contributed by atoms with Crippen LogP contribution in [-0.2, 0) is 6.18 Å². The Morgan fingerprint density at radius 3 is 2.50 bits per heavy atom. The van der Waals surface area contributed by atoms with Gasteiger partial charge in [0.2, 0.25) is 5.28 Å². The second kappa shape index (κ2) is 7.65. The van der Waals surface area contributed by atoms with E-state index in [0.29, 0.717) is 5.82 Å². The first-order chi connectivity index (χ1) is 14.2. The molecule has 0 bridgehead atoms. The standard InChI is InChI=1S/C17H11Cl2F3N8/c1-8(14-25-7-26-30(14)16-23-3-2-4-24-16)27-13-10-5-9(17(20,21)22)6-11(18)12(10)28-15(19)29-13/h2-8H,1H3,(H,27,28,29). The summed E-state index contributed by atoms with van der Waals surface area (Å²) in [5, 5.41) is 6.80. The van der Waals surface area contributed by atoms with Crippen LogP contribution in [0.15, 0.2) is 36.9 Å². The van der Waals surface area contributed by atoms with Crippen molar-refractivity contribution < 1.29 is 13.2 Å². The zero-order valence-electron chi connectivity index (χ0n) is 15.1. The minimum Gasteiger partial charge on any atom is -0.360 e. The smallest absolute Gasteiger partial charge is 0.360 e. The highest BCUT2D eigenvalue weighted by Crippen LogP contribution is 2.37. The van der Waals surface area contributed by atoms with Gasteiger partial charge in [0.15, 0.2) is 5.82 Å². The van der Waals surface area contributed by atoms with Gasteiger partial charge in [-0.1, -0.05) is 11.6 Å². The third kappa shape index (κ3) is 3.85. The SMILES string of the molecule is CC(Nc1nc(Cl)nc2c(Cl)cc(C(F)(F)F)cc12)c1ncnn1-c1ncccn1. The molecule has 1 N–H and O–H groups in total. The molecule has 0 aliphatic heterocycles. The monoisotopic (exact) mass is 454 g/mol. The van der Waals surface area contributed by atoms with Crippen molar-refractivity contribution in [3.05, 3.63) is 58.6 Å². The number of anilines is 1. The molecule has 0 saturated carbocycles. The Kier molecular flexibility index (Phi) is 5.16. The lowest BCUT2D eigenvalue weighted by Crippen LogP contribution is -2.16. The first-order valence-corrected chi connectivity index (χ1v) is 9.17. The van der Waals surface area contributed by atoms with Crippen molar-refractivity contribution in [2.24, 2.45) is 0 Å². The van der Waals surface area contributed by atoms with Crippen LogP contribution >= 0.6 is 23.2 Å². The highest BCUT2D eigenvalue weighted by molar-refractivity contribution is 6.36. The molecule has 3 heterocycles. The first-order valence-electron chi connectivity index (χ1n) is 8.42. The van der Waals surface area contributed by atoms with Gasteiger partial charge in [0.25, 0.3) is 5.95 Å². The van der Waals surface area contributed by atoms with Gasteiger partial charge in [-0.3, -0.25) is 0 Å². The Balaban J connectivity index is 1.78. The molecule has 0 radical (unpaired) electrons. The van der Waals surface area contributed by atoms with E-state index >= 15 is 0 Å². The Labute approximate surface area is 177 Å². The molecule has 0 fully saturated rings. The Bertz CT molecular complexity index is 1210. The molecule has 8 nitrogen and oxygen atoms in total. The van der Waals surface area contributed by atoms with Crippen LogP contribution in [0.1, 0.15) is 24.4 Å². The molecule has 0 saturated heterocycles. The van der Waals surface area contributed by atoms with Crippen LogP contribution in [0.5, 0.6) is 0 Å². The number of rotatable bonds is 4. The van der Waals surface area contributed by atoms with E-state index in [1.54, 1.807) is 25.4 Å².